The van der Waals surface area contributed by atoms with Crippen LogP contribution in [0.1, 0.15) is 20.8 Å². The van der Waals surface area contributed by atoms with Gasteiger partial charge in [0, 0.05) is 20.6 Å². The summed E-state index contributed by atoms with van der Waals surface area (Å²) in [6, 6.07) is 0. The minimum atomic E-state index is -0.560. The number of carbonyl (C=O) groups excluding carboxylic acids is 1. The summed E-state index contributed by atoms with van der Waals surface area (Å²) in [5, 5.41) is 23.0. The van der Waals surface area contributed by atoms with Crippen molar-refractivity contribution in [2.75, 3.05) is 33.5 Å². The Bertz CT molecular complexity index is 126. The van der Waals surface area contributed by atoms with Crippen LogP contribution >= 0.6 is 0 Å². The Labute approximate surface area is 96.8 Å². The second kappa shape index (κ2) is 19.8. The number of ether oxygens (including phenoxy) is 2. The van der Waals surface area contributed by atoms with Crippen molar-refractivity contribution in [2.24, 2.45) is 0 Å². The van der Waals surface area contributed by atoms with E-state index >= 15 is 0 Å². The highest BCUT2D eigenvalue weighted by Gasteiger charge is 1.89. The maximum Gasteiger partial charge on any atom is 0.302 e. The normalized spacial score (nSPS) is 10.2. The summed E-state index contributed by atoms with van der Waals surface area (Å²) >= 11 is 0. The van der Waals surface area contributed by atoms with E-state index in [1.165, 1.54) is 13.8 Å². The first-order valence-corrected chi connectivity index (χ1v) is 4.99. The lowest BCUT2D eigenvalue weighted by Gasteiger charge is -1.99. The van der Waals surface area contributed by atoms with Gasteiger partial charge in [-0.25, -0.2) is 0 Å². The third-order valence-electron chi connectivity index (χ3n) is 1.00. The predicted molar refractivity (Wildman–Crippen MR) is 60.0 cm³/mol. The fourth-order valence-electron chi connectivity index (χ4n) is 0.389. The molecule has 0 amide bonds. The molecule has 0 aliphatic rings. The smallest absolute Gasteiger partial charge is 0.302 e. The molecule has 0 radical (unpaired) electrons. The Balaban J connectivity index is -0.000000205. The summed E-state index contributed by atoms with van der Waals surface area (Å²) in [4.78, 5) is 10.1. The Morgan fingerprint density at radius 2 is 1.75 bits per heavy atom. The van der Waals surface area contributed by atoms with Crippen LogP contribution in [0, 0.1) is 0 Å². The molecule has 1 atom stereocenters. The van der Waals surface area contributed by atoms with E-state index < -0.39 is 6.10 Å². The molecular formula is C10H24O6. The fraction of sp³-hybridized carbons (Fsp3) is 0.900. The molecule has 100 valence electrons. The second-order valence-corrected chi connectivity index (χ2v) is 2.57. The maximum absolute atomic E-state index is 10.1. The van der Waals surface area contributed by atoms with Crippen LogP contribution in [0.4, 0.5) is 0 Å². The summed E-state index contributed by atoms with van der Waals surface area (Å²) in [5.41, 5.74) is 0. The van der Waals surface area contributed by atoms with E-state index in [4.69, 9.17) is 20.1 Å². The van der Waals surface area contributed by atoms with Gasteiger partial charge in [0.05, 0.1) is 19.3 Å². The van der Waals surface area contributed by atoms with Crippen molar-refractivity contribution in [3.8, 4) is 0 Å². The van der Waals surface area contributed by atoms with Crippen molar-refractivity contribution < 1.29 is 29.6 Å². The van der Waals surface area contributed by atoms with E-state index in [-0.39, 0.29) is 12.6 Å². The van der Waals surface area contributed by atoms with Gasteiger partial charge in [-0.05, 0) is 13.8 Å². The Kier molecular flexibility index (Phi) is 25.6. The van der Waals surface area contributed by atoms with Crippen LogP contribution in [0.25, 0.3) is 0 Å². The van der Waals surface area contributed by atoms with Gasteiger partial charge in [-0.3, -0.25) is 4.79 Å². The highest BCUT2D eigenvalue weighted by molar-refractivity contribution is 5.65. The van der Waals surface area contributed by atoms with E-state index in [0.29, 0.717) is 19.8 Å². The van der Waals surface area contributed by atoms with Gasteiger partial charge in [0.15, 0.2) is 0 Å². The van der Waals surface area contributed by atoms with E-state index in [0.717, 1.165) is 7.11 Å². The Morgan fingerprint density at radius 3 is 2.00 bits per heavy atom. The molecule has 0 aromatic rings. The molecule has 16 heavy (non-hydrogen) atoms. The zero-order valence-electron chi connectivity index (χ0n) is 10.5. The van der Waals surface area contributed by atoms with Gasteiger partial charge in [-0.2, -0.15) is 0 Å². The number of aliphatic hydroxyl groups excluding tert-OH is 3. The molecule has 6 nitrogen and oxygen atoms in total. The van der Waals surface area contributed by atoms with Crippen molar-refractivity contribution in [3.63, 3.8) is 0 Å². The lowest BCUT2D eigenvalue weighted by molar-refractivity contribution is -0.142. The molecule has 0 bridgehead atoms. The Morgan fingerprint density at radius 1 is 1.31 bits per heavy atom. The first kappa shape index (κ1) is 20.7. The van der Waals surface area contributed by atoms with Crippen LogP contribution < -0.4 is 0 Å². The van der Waals surface area contributed by atoms with Crippen LogP contribution in [0.5, 0.6) is 0 Å². The van der Waals surface area contributed by atoms with Crippen molar-refractivity contribution in [2.45, 2.75) is 26.9 Å². The minimum Gasteiger partial charge on any atom is -0.463 e. The average molecular weight is 240 g/mol. The lowest BCUT2D eigenvalue weighted by atomic mass is 10.5. The number of esters is 1. The van der Waals surface area contributed by atoms with Crippen LogP contribution in [0.3, 0.4) is 0 Å². The van der Waals surface area contributed by atoms with E-state index in [1.54, 1.807) is 0 Å². The molecule has 0 aliphatic heterocycles. The van der Waals surface area contributed by atoms with Gasteiger partial charge in [-0.15, -0.1) is 0 Å². The fourth-order valence-corrected chi connectivity index (χ4v) is 0.389. The third kappa shape index (κ3) is 37.7. The Hall–Kier alpha value is -0.690. The molecule has 0 aliphatic carbocycles. The molecule has 3 N–H and O–H groups in total. The van der Waals surface area contributed by atoms with Gasteiger partial charge in [0.2, 0.25) is 0 Å². The molecule has 0 heterocycles. The second-order valence-electron chi connectivity index (χ2n) is 2.57. The van der Waals surface area contributed by atoms with E-state index in [1.807, 2.05) is 6.92 Å². The molecule has 0 aromatic heterocycles. The van der Waals surface area contributed by atoms with Crippen LogP contribution in [-0.4, -0.2) is 60.9 Å². The summed E-state index contributed by atoms with van der Waals surface area (Å²) in [7, 11) is 1.00. The summed E-state index contributed by atoms with van der Waals surface area (Å²) in [6.45, 7) is 6.19. The monoisotopic (exact) mass is 240 g/mol. The van der Waals surface area contributed by atoms with E-state index in [2.05, 4.69) is 4.74 Å². The molecule has 1 unspecified atom stereocenters. The quantitative estimate of drug-likeness (QED) is 0.445. The van der Waals surface area contributed by atoms with E-state index in [9.17, 15) is 4.79 Å². The van der Waals surface area contributed by atoms with Crippen molar-refractivity contribution >= 4 is 5.97 Å². The zero-order chi connectivity index (χ0) is 13.4. The highest BCUT2D eigenvalue weighted by Crippen LogP contribution is 1.77. The summed E-state index contributed by atoms with van der Waals surface area (Å²) in [6.07, 6.45) is -0.560. The molecule has 6 heteroatoms. The van der Waals surface area contributed by atoms with Crippen molar-refractivity contribution in [1.82, 2.24) is 0 Å². The first-order valence-electron chi connectivity index (χ1n) is 4.99. The molecule has 0 saturated carbocycles. The average Bonchev–Trinajstić information content (AvgIpc) is 2.28. The molecule has 0 spiro atoms. The molecule has 0 rings (SSSR count). The van der Waals surface area contributed by atoms with Gasteiger partial charge >= 0.3 is 5.97 Å². The van der Waals surface area contributed by atoms with Crippen LogP contribution in [-0.2, 0) is 14.3 Å². The summed E-state index contributed by atoms with van der Waals surface area (Å²) < 4.78 is 9.49. The molecule has 0 fully saturated rings. The van der Waals surface area contributed by atoms with Gasteiger partial charge < -0.3 is 24.8 Å². The molecule has 0 saturated heterocycles. The maximum atomic E-state index is 10.1. The SMILES string of the molecule is CC(O)CO.CCOCCOC(C)=O.CO. The number of rotatable bonds is 5. The topological polar surface area (TPSA) is 96.2 Å². The number of hydrogen-bond donors (Lipinski definition) is 3. The van der Waals surface area contributed by atoms with Crippen molar-refractivity contribution in [3.05, 3.63) is 0 Å². The largest absolute Gasteiger partial charge is 0.463 e. The number of carbonyl (C=O) groups is 1. The van der Waals surface area contributed by atoms with Gasteiger partial charge in [-0.1, -0.05) is 0 Å². The number of hydrogen-bond acceptors (Lipinski definition) is 6. The minimum absolute atomic E-state index is 0.139. The number of aliphatic hydroxyl groups is 3. The van der Waals surface area contributed by atoms with Crippen molar-refractivity contribution in [1.29, 1.82) is 0 Å². The van der Waals surface area contributed by atoms with Gasteiger partial charge in [0.25, 0.3) is 0 Å². The van der Waals surface area contributed by atoms with Gasteiger partial charge in [0.1, 0.15) is 6.61 Å². The predicted octanol–water partition coefficient (Wildman–Crippen LogP) is -0.446. The molecule has 0 aromatic carbocycles. The standard InChI is InChI=1S/C6H12O3.C3H8O2.CH4O/c1-3-8-4-5-9-6(2)7;1-3(5)2-4;1-2/h3-5H2,1-2H3;3-5H,2H2,1H3;2H,1H3. The van der Waals surface area contributed by atoms with Crippen LogP contribution in [0.2, 0.25) is 0 Å². The summed E-state index contributed by atoms with van der Waals surface area (Å²) in [5.74, 6) is -0.255. The first-order chi connectivity index (χ1) is 7.54. The third-order valence-corrected chi connectivity index (χ3v) is 1.00. The molecular weight excluding hydrogens is 216 g/mol. The zero-order valence-corrected chi connectivity index (χ0v) is 10.5. The highest BCUT2D eigenvalue weighted by atomic mass is 16.6. The van der Waals surface area contributed by atoms with Crippen LogP contribution in [0.15, 0.2) is 0 Å². The lowest BCUT2D eigenvalue weighted by Crippen LogP contribution is -2.06.